The Labute approximate surface area is 133 Å². The van der Waals surface area contributed by atoms with Gasteiger partial charge in [-0.25, -0.2) is 4.98 Å². The zero-order chi connectivity index (χ0) is 16.0. The van der Waals surface area contributed by atoms with Gasteiger partial charge in [0.15, 0.2) is 6.29 Å². The molecule has 3 heterocycles. The highest BCUT2D eigenvalue weighted by molar-refractivity contribution is 5.81. The van der Waals surface area contributed by atoms with E-state index in [-0.39, 0.29) is 5.56 Å². The number of nitrogens with zero attached hydrogens (tertiary/aromatic N) is 3. The summed E-state index contributed by atoms with van der Waals surface area (Å²) >= 11 is 0. The van der Waals surface area contributed by atoms with Gasteiger partial charge in [-0.05, 0) is 55.9 Å². The minimum Gasteiger partial charge on any atom is -0.314 e. The van der Waals surface area contributed by atoms with E-state index >= 15 is 0 Å². The molecular formula is C18H17N3O2. The molecular weight excluding hydrogens is 290 g/mol. The van der Waals surface area contributed by atoms with Crippen molar-refractivity contribution in [1.29, 1.82) is 0 Å². The number of hydrogen-bond donors (Lipinski definition) is 0. The SMILES string of the molecule is Cc1ccnc(-n2ccn3c4c(cc3c2=O)CCCC4)c1C=O. The minimum absolute atomic E-state index is 0.136. The maximum atomic E-state index is 12.9. The van der Waals surface area contributed by atoms with Crippen LogP contribution in [-0.2, 0) is 12.8 Å². The zero-order valence-corrected chi connectivity index (χ0v) is 13.0. The summed E-state index contributed by atoms with van der Waals surface area (Å²) in [6.07, 6.45) is 10.4. The number of hydrogen-bond acceptors (Lipinski definition) is 3. The number of pyridine rings is 1. The summed E-state index contributed by atoms with van der Waals surface area (Å²) in [6.45, 7) is 1.84. The Morgan fingerprint density at radius 3 is 2.87 bits per heavy atom. The minimum atomic E-state index is -0.136. The quantitative estimate of drug-likeness (QED) is 0.683. The van der Waals surface area contributed by atoms with Crippen LogP contribution in [0, 0.1) is 6.92 Å². The number of aryl methyl sites for hydroxylation is 3. The molecule has 0 aliphatic heterocycles. The molecule has 0 saturated carbocycles. The summed E-state index contributed by atoms with van der Waals surface area (Å²) in [5, 5.41) is 0. The van der Waals surface area contributed by atoms with Crippen LogP contribution in [0.15, 0.2) is 35.5 Å². The van der Waals surface area contributed by atoms with Crippen molar-refractivity contribution < 1.29 is 4.79 Å². The first-order chi connectivity index (χ1) is 11.2. The lowest BCUT2D eigenvalue weighted by Crippen LogP contribution is -2.22. The van der Waals surface area contributed by atoms with Crippen LogP contribution in [0.5, 0.6) is 0 Å². The fourth-order valence-electron chi connectivity index (χ4n) is 3.44. The molecule has 0 bridgehead atoms. The van der Waals surface area contributed by atoms with Crippen molar-refractivity contribution in [2.45, 2.75) is 32.6 Å². The molecule has 0 amide bonds. The molecule has 0 spiro atoms. The number of rotatable bonds is 2. The van der Waals surface area contributed by atoms with Crippen LogP contribution in [0.2, 0.25) is 0 Å². The molecule has 3 aromatic rings. The summed E-state index contributed by atoms with van der Waals surface area (Å²) in [6, 6.07) is 3.76. The molecule has 1 aliphatic carbocycles. The molecule has 3 aromatic heterocycles. The summed E-state index contributed by atoms with van der Waals surface area (Å²) < 4.78 is 3.46. The third-order valence-electron chi connectivity index (χ3n) is 4.68. The second kappa shape index (κ2) is 5.19. The highest BCUT2D eigenvalue weighted by Crippen LogP contribution is 2.24. The Hall–Kier alpha value is -2.69. The first kappa shape index (κ1) is 13.9. The normalized spacial score (nSPS) is 14.0. The second-order valence-electron chi connectivity index (χ2n) is 6.03. The van der Waals surface area contributed by atoms with Crippen LogP contribution in [0.3, 0.4) is 0 Å². The van der Waals surface area contributed by atoms with Gasteiger partial charge in [0, 0.05) is 24.3 Å². The van der Waals surface area contributed by atoms with Gasteiger partial charge < -0.3 is 4.40 Å². The molecule has 0 aromatic carbocycles. The Balaban J connectivity index is 2.00. The summed E-state index contributed by atoms with van der Waals surface area (Å²) in [7, 11) is 0. The summed E-state index contributed by atoms with van der Waals surface area (Å²) in [5.74, 6) is 0.395. The van der Waals surface area contributed by atoms with Crippen LogP contribution in [0.4, 0.5) is 0 Å². The van der Waals surface area contributed by atoms with Crippen LogP contribution in [0.25, 0.3) is 11.3 Å². The van der Waals surface area contributed by atoms with E-state index in [1.165, 1.54) is 22.2 Å². The van der Waals surface area contributed by atoms with Crippen LogP contribution < -0.4 is 5.56 Å². The Morgan fingerprint density at radius 1 is 1.22 bits per heavy atom. The van der Waals surface area contributed by atoms with Gasteiger partial charge in [-0.2, -0.15) is 0 Å². The van der Waals surface area contributed by atoms with E-state index in [9.17, 15) is 9.59 Å². The molecule has 116 valence electrons. The molecule has 4 rings (SSSR count). The van der Waals surface area contributed by atoms with Gasteiger partial charge in [-0.15, -0.1) is 0 Å². The highest BCUT2D eigenvalue weighted by Gasteiger charge is 2.18. The van der Waals surface area contributed by atoms with Gasteiger partial charge in [0.05, 0.1) is 5.56 Å². The fraction of sp³-hybridized carbons (Fsp3) is 0.278. The van der Waals surface area contributed by atoms with E-state index < -0.39 is 0 Å². The van der Waals surface area contributed by atoms with Crippen molar-refractivity contribution in [1.82, 2.24) is 14.0 Å². The van der Waals surface area contributed by atoms with Crippen LogP contribution in [0.1, 0.15) is 40.0 Å². The molecule has 23 heavy (non-hydrogen) atoms. The third kappa shape index (κ3) is 2.04. The first-order valence-corrected chi connectivity index (χ1v) is 7.86. The molecule has 0 unspecified atom stereocenters. The molecule has 0 saturated heterocycles. The van der Waals surface area contributed by atoms with Crippen LogP contribution in [-0.4, -0.2) is 20.2 Å². The van der Waals surface area contributed by atoms with Crippen molar-refractivity contribution in [3.63, 3.8) is 0 Å². The number of aromatic nitrogens is 3. The molecule has 0 radical (unpaired) electrons. The van der Waals surface area contributed by atoms with Crippen molar-refractivity contribution in [2.24, 2.45) is 0 Å². The lowest BCUT2D eigenvalue weighted by molar-refractivity contribution is 0.112. The van der Waals surface area contributed by atoms with Gasteiger partial charge in [0.25, 0.3) is 5.56 Å². The van der Waals surface area contributed by atoms with E-state index in [2.05, 4.69) is 4.98 Å². The fourth-order valence-corrected chi connectivity index (χ4v) is 3.44. The van der Waals surface area contributed by atoms with Crippen molar-refractivity contribution in [3.05, 3.63) is 63.5 Å². The lowest BCUT2D eigenvalue weighted by Gasteiger charge is -2.13. The Morgan fingerprint density at radius 2 is 2.04 bits per heavy atom. The maximum absolute atomic E-state index is 12.9. The van der Waals surface area contributed by atoms with Crippen molar-refractivity contribution >= 4 is 11.8 Å². The average molecular weight is 307 g/mol. The number of aldehydes is 1. The van der Waals surface area contributed by atoms with Crippen molar-refractivity contribution in [2.75, 3.05) is 0 Å². The average Bonchev–Trinajstić information content (AvgIpc) is 2.95. The number of carbonyl (C=O) groups excluding carboxylic acids is 1. The number of fused-ring (bicyclic) bond motifs is 3. The zero-order valence-electron chi connectivity index (χ0n) is 13.0. The molecule has 0 N–H and O–H groups in total. The van der Waals surface area contributed by atoms with Crippen LogP contribution >= 0.6 is 0 Å². The monoisotopic (exact) mass is 307 g/mol. The van der Waals surface area contributed by atoms with Gasteiger partial charge >= 0.3 is 0 Å². The first-order valence-electron chi connectivity index (χ1n) is 7.86. The van der Waals surface area contributed by atoms with Crippen molar-refractivity contribution in [3.8, 4) is 5.82 Å². The van der Waals surface area contributed by atoms with Gasteiger partial charge in [-0.1, -0.05) is 0 Å². The lowest BCUT2D eigenvalue weighted by atomic mass is 9.98. The van der Waals surface area contributed by atoms with E-state index in [1.54, 1.807) is 18.5 Å². The molecule has 5 nitrogen and oxygen atoms in total. The van der Waals surface area contributed by atoms with E-state index in [0.29, 0.717) is 16.9 Å². The number of carbonyl (C=O) groups is 1. The van der Waals surface area contributed by atoms with Gasteiger partial charge in [0.1, 0.15) is 11.3 Å². The van der Waals surface area contributed by atoms with E-state index in [0.717, 1.165) is 31.1 Å². The summed E-state index contributed by atoms with van der Waals surface area (Å²) in [5.41, 5.74) is 4.28. The topological polar surface area (TPSA) is 56.4 Å². The van der Waals surface area contributed by atoms with Gasteiger partial charge in [-0.3, -0.25) is 14.2 Å². The maximum Gasteiger partial charge on any atom is 0.280 e. The van der Waals surface area contributed by atoms with Gasteiger partial charge in [0.2, 0.25) is 0 Å². The Bertz CT molecular complexity index is 982. The Kier molecular flexibility index (Phi) is 3.15. The largest absolute Gasteiger partial charge is 0.314 e. The molecule has 0 atom stereocenters. The summed E-state index contributed by atoms with van der Waals surface area (Å²) in [4.78, 5) is 28.6. The van der Waals surface area contributed by atoms with E-state index in [1.807, 2.05) is 23.6 Å². The molecule has 1 aliphatic rings. The predicted molar refractivity (Wildman–Crippen MR) is 87.6 cm³/mol. The van der Waals surface area contributed by atoms with E-state index in [4.69, 9.17) is 0 Å². The standard InChI is InChI=1S/C18H17N3O2/c1-12-6-7-19-17(14(12)11-22)21-9-8-20-15-5-3-2-4-13(15)10-16(20)18(21)23/h6-11H,2-5H2,1H3. The predicted octanol–water partition coefficient (Wildman–Crippen LogP) is 2.48. The smallest absolute Gasteiger partial charge is 0.280 e. The molecule has 5 heteroatoms. The third-order valence-corrected chi connectivity index (χ3v) is 4.68. The highest BCUT2D eigenvalue weighted by atomic mass is 16.1. The second-order valence-corrected chi connectivity index (χ2v) is 6.03. The molecule has 0 fully saturated rings.